The summed E-state index contributed by atoms with van der Waals surface area (Å²) in [5.41, 5.74) is 13.6. The fourth-order valence-electron chi connectivity index (χ4n) is 8.70. The molecule has 11 aromatic rings. The van der Waals surface area contributed by atoms with E-state index in [0.29, 0.717) is 11.9 Å². The van der Waals surface area contributed by atoms with Crippen LogP contribution in [0.2, 0.25) is 0 Å². The predicted octanol–water partition coefficient (Wildman–Crippen LogP) is 12.7. The zero-order valence-corrected chi connectivity index (χ0v) is 29.7. The minimum atomic E-state index is 0.456. The van der Waals surface area contributed by atoms with Gasteiger partial charge in [-0.15, -0.1) is 0 Å². The van der Waals surface area contributed by atoms with E-state index in [1.165, 1.54) is 10.8 Å². The number of furan rings is 1. The van der Waals surface area contributed by atoms with Gasteiger partial charge in [0.25, 0.3) is 0 Å². The van der Waals surface area contributed by atoms with Crippen LogP contribution < -0.4 is 0 Å². The molecule has 0 unspecified atom stereocenters. The van der Waals surface area contributed by atoms with Crippen LogP contribution in [0.3, 0.4) is 0 Å². The summed E-state index contributed by atoms with van der Waals surface area (Å²) in [6, 6.07) is 62.0. The van der Waals surface area contributed by atoms with Crippen LogP contribution in [0.15, 0.2) is 174 Å². The Morgan fingerprint density at radius 2 is 1.16 bits per heavy atom. The first kappa shape index (κ1) is 31.3. The second-order valence-corrected chi connectivity index (χ2v) is 14.1. The summed E-state index contributed by atoms with van der Waals surface area (Å²) in [5, 5.41) is 17.5. The average molecular weight is 700 g/mol. The molecule has 0 amide bonds. The summed E-state index contributed by atoms with van der Waals surface area (Å²) in [6.45, 7) is 0. The number of fused-ring (bicyclic) bond motifs is 10. The predicted molar refractivity (Wildman–Crippen MR) is 227 cm³/mol. The zero-order chi connectivity index (χ0) is 36.6. The van der Waals surface area contributed by atoms with Crippen LogP contribution in [0.5, 0.6) is 0 Å². The first-order valence-electron chi connectivity index (χ1n) is 18.5. The minimum absolute atomic E-state index is 0.456. The summed E-state index contributed by atoms with van der Waals surface area (Å²) < 4.78 is 11.4. The van der Waals surface area contributed by atoms with Crippen molar-refractivity contribution in [2.75, 3.05) is 0 Å². The number of nitriles is 1. The van der Waals surface area contributed by atoms with E-state index in [0.717, 1.165) is 94.0 Å². The molecule has 0 atom stereocenters. The van der Waals surface area contributed by atoms with Crippen molar-refractivity contribution in [3.8, 4) is 39.7 Å². The largest absolute Gasteiger partial charge is 0.455 e. The fraction of sp³-hybridized carbons (Fsp3) is 0.0200. The van der Waals surface area contributed by atoms with Gasteiger partial charge in [0.2, 0.25) is 0 Å². The first-order valence-corrected chi connectivity index (χ1v) is 18.5. The van der Waals surface area contributed by atoms with Crippen molar-refractivity contribution in [1.29, 1.82) is 5.26 Å². The number of hydrogen-bond donors (Lipinski definition) is 0. The minimum Gasteiger partial charge on any atom is -0.455 e. The third kappa shape index (κ3) is 4.65. The van der Waals surface area contributed by atoms with Gasteiger partial charge in [0.15, 0.2) is 0 Å². The smallest absolute Gasteiger partial charge is 0.145 e. The van der Waals surface area contributed by atoms with E-state index in [-0.39, 0.29) is 0 Å². The highest BCUT2D eigenvalue weighted by Crippen LogP contribution is 2.44. The van der Waals surface area contributed by atoms with Crippen molar-refractivity contribution in [3.05, 3.63) is 181 Å². The lowest BCUT2D eigenvalue weighted by atomic mass is 9.91. The lowest BCUT2D eigenvalue weighted by Gasteiger charge is -2.18. The lowest BCUT2D eigenvalue weighted by molar-refractivity contribution is 0.673. The maximum Gasteiger partial charge on any atom is 0.145 e. The van der Waals surface area contributed by atoms with Crippen molar-refractivity contribution >= 4 is 73.4 Å². The van der Waals surface area contributed by atoms with Crippen molar-refractivity contribution in [3.63, 3.8) is 0 Å². The standard InChI is InChI=1S/C50H30BN3O/c51-29-31-10-9-11-32(26-31)33-20-22-36(34(27-33)30-52)39-23-21-35(53-43-16-5-1-12-37(43)38-13-2-6-17-44(38)53)28-47(39)54-45-18-7-3-15-42(45)49-46(54)25-24-41-40-14-4-8-19-48(40)55-50(41)49/h1-28H,29H2. The van der Waals surface area contributed by atoms with Crippen LogP contribution >= 0.6 is 0 Å². The normalized spacial score (nSPS) is 11.8. The highest BCUT2D eigenvalue weighted by molar-refractivity contribution is 6.24. The van der Waals surface area contributed by atoms with Crippen molar-refractivity contribution in [1.82, 2.24) is 9.13 Å². The van der Waals surface area contributed by atoms with Crippen LogP contribution in [0, 0.1) is 11.3 Å². The molecule has 3 heterocycles. The molecule has 3 aromatic heterocycles. The Morgan fingerprint density at radius 1 is 0.509 bits per heavy atom. The van der Waals surface area contributed by atoms with Gasteiger partial charge in [-0.3, -0.25) is 0 Å². The van der Waals surface area contributed by atoms with E-state index in [1.54, 1.807) is 0 Å². The van der Waals surface area contributed by atoms with Crippen molar-refractivity contribution < 1.29 is 4.42 Å². The van der Waals surface area contributed by atoms with Crippen LogP contribution in [0.4, 0.5) is 0 Å². The van der Waals surface area contributed by atoms with Gasteiger partial charge in [-0.1, -0.05) is 127 Å². The molecule has 11 rings (SSSR count). The molecule has 0 aliphatic heterocycles. The van der Waals surface area contributed by atoms with Crippen LogP contribution in [0.1, 0.15) is 11.1 Å². The topological polar surface area (TPSA) is 46.8 Å². The summed E-state index contributed by atoms with van der Waals surface area (Å²) >= 11 is 0. The van der Waals surface area contributed by atoms with E-state index >= 15 is 0 Å². The van der Waals surface area contributed by atoms with Gasteiger partial charge in [0.1, 0.15) is 11.2 Å². The molecular weight excluding hydrogens is 669 g/mol. The lowest BCUT2D eigenvalue weighted by Crippen LogP contribution is -2.02. The maximum absolute atomic E-state index is 10.8. The van der Waals surface area contributed by atoms with E-state index in [1.807, 2.05) is 30.3 Å². The summed E-state index contributed by atoms with van der Waals surface area (Å²) in [5.74, 6) is 0. The molecule has 0 saturated heterocycles. The first-order chi connectivity index (χ1) is 27.2. The summed E-state index contributed by atoms with van der Waals surface area (Å²) in [4.78, 5) is 0. The second kappa shape index (κ2) is 12.1. The quantitative estimate of drug-likeness (QED) is 0.168. The molecule has 254 valence electrons. The molecule has 0 aliphatic carbocycles. The van der Waals surface area contributed by atoms with Crippen LogP contribution in [-0.4, -0.2) is 17.0 Å². The molecule has 0 N–H and O–H groups in total. The molecule has 8 aromatic carbocycles. The van der Waals surface area contributed by atoms with Crippen LogP contribution in [-0.2, 0) is 6.32 Å². The van der Waals surface area contributed by atoms with Gasteiger partial charge in [0.05, 0.1) is 52.6 Å². The Hall–Kier alpha value is -7.29. The fourth-order valence-corrected chi connectivity index (χ4v) is 8.70. The molecule has 2 radical (unpaired) electrons. The number of nitrogens with zero attached hydrogens (tertiary/aromatic N) is 3. The molecule has 5 heteroatoms. The van der Waals surface area contributed by atoms with Gasteiger partial charge in [0, 0.05) is 43.7 Å². The molecule has 0 saturated carbocycles. The van der Waals surface area contributed by atoms with Gasteiger partial charge in [-0.05, 0) is 65.7 Å². The highest BCUT2D eigenvalue weighted by atomic mass is 16.3. The van der Waals surface area contributed by atoms with Crippen molar-refractivity contribution in [2.24, 2.45) is 0 Å². The molecule has 0 bridgehead atoms. The Morgan fingerprint density at radius 3 is 1.91 bits per heavy atom. The Labute approximate surface area is 318 Å². The van der Waals surface area contributed by atoms with E-state index in [9.17, 15) is 5.26 Å². The van der Waals surface area contributed by atoms with E-state index in [4.69, 9.17) is 12.3 Å². The monoisotopic (exact) mass is 699 g/mol. The van der Waals surface area contributed by atoms with Crippen LogP contribution in [0.25, 0.3) is 99.2 Å². The number of rotatable bonds is 5. The average Bonchev–Trinajstić information content (AvgIpc) is 3.91. The third-order valence-corrected chi connectivity index (χ3v) is 11.2. The number of aromatic nitrogens is 2. The molecule has 4 nitrogen and oxygen atoms in total. The number of para-hydroxylation sites is 4. The number of hydrogen-bond acceptors (Lipinski definition) is 2. The van der Waals surface area contributed by atoms with E-state index in [2.05, 4.69) is 155 Å². The SMILES string of the molecule is [B]Cc1cccc(-c2ccc(-c3ccc(-n4c5ccccc5c5ccccc54)cc3-n3c4ccccc4c4c5oc6ccccc6c5ccc43)c(C#N)c2)c1. The zero-order valence-electron chi connectivity index (χ0n) is 29.7. The Balaban J connectivity index is 1.24. The van der Waals surface area contributed by atoms with Gasteiger partial charge in [-0.25, -0.2) is 0 Å². The van der Waals surface area contributed by atoms with Gasteiger partial charge < -0.3 is 13.6 Å². The maximum atomic E-state index is 10.8. The Kier molecular flexibility index (Phi) is 6.89. The molecular formula is C50H30BN3O. The molecule has 0 spiro atoms. The molecule has 0 fully saturated rings. The second-order valence-electron chi connectivity index (χ2n) is 14.1. The number of benzene rings is 8. The summed E-state index contributed by atoms with van der Waals surface area (Å²) in [7, 11) is 5.99. The molecule has 0 aliphatic rings. The van der Waals surface area contributed by atoms with Gasteiger partial charge in [-0.2, -0.15) is 5.26 Å². The van der Waals surface area contributed by atoms with E-state index < -0.39 is 0 Å². The highest BCUT2D eigenvalue weighted by Gasteiger charge is 2.23. The Bertz CT molecular complexity index is 3340. The van der Waals surface area contributed by atoms with Gasteiger partial charge >= 0.3 is 0 Å². The third-order valence-electron chi connectivity index (χ3n) is 11.2. The molecule has 55 heavy (non-hydrogen) atoms. The summed E-state index contributed by atoms with van der Waals surface area (Å²) in [6.07, 6.45) is 0.456. The van der Waals surface area contributed by atoms with Crippen molar-refractivity contribution in [2.45, 2.75) is 6.32 Å².